The lowest BCUT2D eigenvalue weighted by molar-refractivity contribution is -0.142. The minimum absolute atomic E-state index is 0.0235. The number of aromatic nitrogens is 2. The zero-order valence-corrected chi connectivity index (χ0v) is 38.1. The van der Waals surface area contributed by atoms with Gasteiger partial charge in [-0.1, -0.05) is 54.0 Å². The van der Waals surface area contributed by atoms with Crippen molar-refractivity contribution < 1.29 is 46.6 Å². The van der Waals surface area contributed by atoms with Gasteiger partial charge in [0.15, 0.2) is 0 Å². The van der Waals surface area contributed by atoms with Crippen molar-refractivity contribution in [3.63, 3.8) is 0 Å². The second-order valence-electron chi connectivity index (χ2n) is 18.6. The summed E-state index contributed by atoms with van der Waals surface area (Å²) in [6.45, 7) is 13.0. The summed E-state index contributed by atoms with van der Waals surface area (Å²) in [4.78, 5) is 79.9. The summed E-state index contributed by atoms with van der Waals surface area (Å²) < 4.78 is 53.8. The number of likely N-dealkylation sites (tertiary alicyclic amines) is 1. The van der Waals surface area contributed by atoms with Crippen LogP contribution >= 0.6 is 11.3 Å². The number of carbonyl (C=O) groups excluding carboxylic acids is 5. The molecule has 3 N–H and O–H groups in total. The van der Waals surface area contributed by atoms with Crippen LogP contribution in [0.4, 0.5) is 18.9 Å². The van der Waals surface area contributed by atoms with Crippen molar-refractivity contribution >= 4 is 57.3 Å². The molecule has 0 bridgehead atoms. The number of imide groups is 1. The number of pyridine rings is 1. The van der Waals surface area contributed by atoms with Gasteiger partial charge in [0.25, 0.3) is 5.91 Å². The highest BCUT2D eigenvalue weighted by atomic mass is 32.1. The minimum atomic E-state index is -4.63. The van der Waals surface area contributed by atoms with Crippen LogP contribution in [0.1, 0.15) is 103 Å². The maximum absolute atomic E-state index is 15.0. The van der Waals surface area contributed by atoms with Gasteiger partial charge in [-0.25, -0.2) is 9.97 Å². The third kappa shape index (κ3) is 9.73. The maximum Gasteiger partial charge on any atom is 0.416 e. The molecule has 4 amide bonds. The Morgan fingerprint density at radius 1 is 1.02 bits per heavy atom. The van der Waals surface area contributed by atoms with E-state index in [2.05, 4.69) is 16.0 Å². The number of benzene rings is 2. The lowest BCUT2D eigenvalue weighted by atomic mass is 9.85. The summed E-state index contributed by atoms with van der Waals surface area (Å²) in [5.41, 5.74) is -0.368. The first kappa shape index (κ1) is 46.4. The first-order valence-corrected chi connectivity index (χ1v) is 22.6. The summed E-state index contributed by atoms with van der Waals surface area (Å²) >= 11 is 1.44. The molecule has 7 rings (SSSR count). The van der Waals surface area contributed by atoms with E-state index in [0.717, 1.165) is 23.4 Å². The first-order valence-electron chi connectivity index (χ1n) is 21.7. The number of anilines is 1. The van der Waals surface area contributed by atoms with E-state index in [4.69, 9.17) is 19.4 Å². The Labute approximate surface area is 374 Å². The molecule has 1 unspecified atom stereocenters. The molecule has 3 aliphatic rings. The minimum Gasteiger partial charge on any atom is -0.496 e. The zero-order chi connectivity index (χ0) is 46.5. The number of carbonyl (C=O) groups is 5. The molecular weight excluding hydrogens is 850 g/mol. The highest BCUT2D eigenvalue weighted by Gasteiger charge is 2.61. The summed E-state index contributed by atoms with van der Waals surface area (Å²) in [7, 11) is 1.57. The Kier molecular flexibility index (Phi) is 12.9. The fraction of sp³-hybridized carbons (Fsp3) is 0.511. The van der Waals surface area contributed by atoms with E-state index in [1.807, 2.05) is 39.1 Å². The molecule has 342 valence electrons. The molecular formula is C47H55F3N6O7S. The van der Waals surface area contributed by atoms with Gasteiger partial charge >= 0.3 is 6.18 Å². The summed E-state index contributed by atoms with van der Waals surface area (Å²) in [6.07, 6.45) is -3.73. The van der Waals surface area contributed by atoms with Crippen LogP contribution < -0.4 is 25.4 Å². The Morgan fingerprint density at radius 3 is 2.36 bits per heavy atom. The van der Waals surface area contributed by atoms with Crippen molar-refractivity contribution in [2.45, 2.75) is 123 Å². The molecule has 17 heteroatoms. The Bertz CT molecular complexity index is 2480. The van der Waals surface area contributed by atoms with Gasteiger partial charge in [-0.15, -0.1) is 11.3 Å². The van der Waals surface area contributed by atoms with Gasteiger partial charge in [0.05, 0.1) is 36.8 Å². The largest absolute Gasteiger partial charge is 0.496 e. The van der Waals surface area contributed by atoms with Gasteiger partial charge in [0.2, 0.25) is 17.7 Å². The number of nitrogens with one attached hydrogen (secondary N) is 3. The van der Waals surface area contributed by atoms with Crippen molar-refractivity contribution in [1.29, 1.82) is 0 Å². The smallest absolute Gasteiger partial charge is 0.416 e. The van der Waals surface area contributed by atoms with Gasteiger partial charge < -0.3 is 25.0 Å². The predicted octanol–water partition coefficient (Wildman–Crippen LogP) is 7.99. The van der Waals surface area contributed by atoms with Crippen molar-refractivity contribution in [1.82, 2.24) is 25.5 Å². The van der Waals surface area contributed by atoms with Crippen LogP contribution in [-0.2, 0) is 30.1 Å². The molecule has 4 aromatic rings. The molecule has 2 aromatic heterocycles. The SMILES string of the molecule is CCC1C[C@]1(NC(=O)[C@@H]1C[C@@H](Oc2cc(-c3nc(C(C)C)cs3)nc3c(C)c(OC)ccc23)CN1C(=O)[C@@H](Nc1cccc(C(F)(F)F)c1)C(C)(C)C)C(=O)NC(=O)CC(=O)C1CC1. The molecule has 2 saturated carbocycles. The molecule has 64 heavy (non-hydrogen) atoms. The van der Waals surface area contributed by atoms with Gasteiger partial charge in [-0.05, 0) is 73.8 Å². The van der Waals surface area contributed by atoms with Gasteiger partial charge in [0.1, 0.15) is 51.7 Å². The average molecular weight is 905 g/mol. The number of Topliss-reactive ketones (excluding diaryl/α,β-unsaturated/α-hetero) is 1. The monoisotopic (exact) mass is 904 g/mol. The quantitative estimate of drug-likeness (QED) is 0.0995. The molecule has 1 aliphatic heterocycles. The summed E-state index contributed by atoms with van der Waals surface area (Å²) in [5, 5.41) is 11.6. The number of alkyl halides is 3. The topological polar surface area (TPSA) is 169 Å². The van der Waals surface area contributed by atoms with Crippen LogP contribution in [0.3, 0.4) is 0 Å². The van der Waals surface area contributed by atoms with E-state index in [9.17, 15) is 37.1 Å². The van der Waals surface area contributed by atoms with E-state index in [1.54, 1.807) is 40.0 Å². The molecule has 1 saturated heterocycles. The van der Waals surface area contributed by atoms with Crippen LogP contribution in [0.15, 0.2) is 47.8 Å². The van der Waals surface area contributed by atoms with E-state index < -0.39 is 70.9 Å². The summed E-state index contributed by atoms with van der Waals surface area (Å²) in [6, 6.07) is 7.64. The van der Waals surface area contributed by atoms with Crippen molar-refractivity contribution in [3.05, 3.63) is 64.7 Å². The normalized spacial score (nSPS) is 21.4. The molecule has 2 aliphatic carbocycles. The molecule has 0 radical (unpaired) electrons. The van der Waals surface area contributed by atoms with Crippen LogP contribution in [-0.4, -0.2) is 81.7 Å². The average Bonchev–Trinajstić information content (AvgIpc) is 4.11. The van der Waals surface area contributed by atoms with Crippen LogP contribution in [0.5, 0.6) is 11.5 Å². The van der Waals surface area contributed by atoms with Crippen molar-refractivity contribution in [2.75, 3.05) is 19.0 Å². The Morgan fingerprint density at radius 2 is 1.75 bits per heavy atom. The number of ether oxygens (including phenoxy) is 2. The zero-order valence-electron chi connectivity index (χ0n) is 37.3. The number of hydrogen-bond acceptors (Lipinski definition) is 11. The molecule has 2 aromatic carbocycles. The molecule has 3 fully saturated rings. The third-order valence-corrected chi connectivity index (χ3v) is 13.3. The number of thiazole rings is 1. The predicted molar refractivity (Wildman–Crippen MR) is 236 cm³/mol. The van der Waals surface area contributed by atoms with Crippen molar-refractivity contribution in [2.24, 2.45) is 17.3 Å². The van der Waals surface area contributed by atoms with Gasteiger partial charge in [-0.3, -0.25) is 29.3 Å². The van der Waals surface area contributed by atoms with Gasteiger partial charge in [0, 0.05) is 40.4 Å². The Hall–Kier alpha value is -5.58. The van der Waals surface area contributed by atoms with E-state index in [0.29, 0.717) is 52.4 Å². The number of nitrogens with zero attached hydrogens (tertiary/aromatic N) is 3. The second-order valence-corrected chi connectivity index (χ2v) is 19.5. The van der Waals surface area contributed by atoms with Gasteiger partial charge in [-0.2, -0.15) is 13.2 Å². The lowest BCUT2D eigenvalue weighted by Crippen LogP contribution is -2.58. The maximum atomic E-state index is 15.0. The van der Waals surface area contributed by atoms with E-state index in [-0.39, 0.29) is 48.6 Å². The standard InChI is InChI=1S/C47H55F3N6O7S/c1-9-27-21-46(27,44(61)54-38(58)20-35(57)26-13-14-26)55-41(59)34-18-30(22-56(34)43(60)40(45(5,6)7)51-29-12-10-11-28(17-29)47(48,49)50)63-37-19-32(42-53-33(23-64-42)24(2)3)52-39-25(4)36(62-8)16-15-31(37)39/h10-12,15-17,19,23-24,26-27,30,34,40,51H,9,13-14,18,20-22H2,1-8H3,(H,55,59)(H,54,58,61)/t27?,30-,34+,40-,46-/m1/s1. The number of amides is 4. The lowest BCUT2D eigenvalue weighted by Gasteiger charge is -2.36. The molecule has 3 heterocycles. The Balaban J connectivity index is 1.23. The van der Waals surface area contributed by atoms with Crippen molar-refractivity contribution in [3.8, 4) is 22.2 Å². The van der Waals surface area contributed by atoms with Crippen LogP contribution in [0.2, 0.25) is 0 Å². The third-order valence-electron chi connectivity index (χ3n) is 12.4. The summed E-state index contributed by atoms with van der Waals surface area (Å²) in [5.74, 6) is -2.23. The number of methoxy groups -OCH3 is 1. The number of halogens is 3. The van der Waals surface area contributed by atoms with E-state index >= 15 is 0 Å². The second kappa shape index (κ2) is 17.8. The number of aryl methyl sites for hydroxylation is 1. The first-order chi connectivity index (χ1) is 30.1. The highest BCUT2D eigenvalue weighted by molar-refractivity contribution is 7.13. The highest BCUT2D eigenvalue weighted by Crippen LogP contribution is 2.47. The number of hydrogen-bond donors (Lipinski definition) is 3. The molecule has 13 nitrogen and oxygen atoms in total. The fourth-order valence-corrected chi connectivity index (χ4v) is 9.34. The van der Waals surface area contributed by atoms with E-state index in [1.165, 1.54) is 28.4 Å². The fourth-order valence-electron chi connectivity index (χ4n) is 8.40. The van der Waals surface area contributed by atoms with Crippen LogP contribution in [0, 0.1) is 24.2 Å². The van der Waals surface area contributed by atoms with Crippen LogP contribution in [0.25, 0.3) is 21.6 Å². The molecule has 5 atom stereocenters. The number of fused-ring (bicyclic) bond motifs is 1. The molecule has 0 spiro atoms. The number of ketones is 1. The number of rotatable bonds is 15.